The molecule has 0 saturated heterocycles. The molecule has 5 aliphatic carbocycles. The smallest absolute Gasteiger partial charge is 0.138 e. The molecule has 1 aromatic carbocycles. The molecule has 1 spiro atoms. The maximum absolute atomic E-state index is 13.6. The van der Waals surface area contributed by atoms with Crippen molar-refractivity contribution < 1.29 is 9.53 Å². The lowest BCUT2D eigenvalue weighted by atomic mass is 9.32. The van der Waals surface area contributed by atoms with Crippen molar-refractivity contribution in [2.75, 3.05) is 6.61 Å². The number of para-hydroxylation sites is 2. The summed E-state index contributed by atoms with van der Waals surface area (Å²) in [6.45, 7) is 23.6. The second kappa shape index (κ2) is 9.54. The highest BCUT2D eigenvalue weighted by molar-refractivity contribution is 5.85. The molecular formula is C39H56N2O2. The number of allylic oxidation sites excluding steroid dienone is 1. The number of ketones is 1. The van der Waals surface area contributed by atoms with E-state index in [9.17, 15) is 4.79 Å². The van der Waals surface area contributed by atoms with Gasteiger partial charge < -0.3 is 9.30 Å². The van der Waals surface area contributed by atoms with E-state index < -0.39 is 0 Å². The second-order valence-electron chi connectivity index (χ2n) is 17.6. The van der Waals surface area contributed by atoms with Gasteiger partial charge in [0.15, 0.2) is 0 Å². The minimum absolute atomic E-state index is 0.0876. The molecule has 4 heteroatoms. The molecule has 8 atom stereocenters. The van der Waals surface area contributed by atoms with Gasteiger partial charge in [0.2, 0.25) is 0 Å². The largest absolute Gasteiger partial charge is 0.376 e. The molecule has 234 valence electrons. The van der Waals surface area contributed by atoms with Crippen LogP contribution in [0.3, 0.4) is 0 Å². The predicted octanol–water partition coefficient (Wildman–Crippen LogP) is 9.42. The number of rotatable bonds is 4. The van der Waals surface area contributed by atoms with Crippen molar-refractivity contribution in [3.63, 3.8) is 0 Å². The Labute approximate surface area is 260 Å². The molecule has 1 aromatic heterocycles. The van der Waals surface area contributed by atoms with Crippen LogP contribution in [-0.2, 0) is 16.1 Å². The van der Waals surface area contributed by atoms with Gasteiger partial charge in [-0.25, -0.2) is 4.98 Å². The molecule has 5 fully saturated rings. The summed E-state index contributed by atoms with van der Waals surface area (Å²) in [5.74, 6) is 2.05. The second-order valence-corrected chi connectivity index (χ2v) is 17.6. The molecule has 0 bridgehead atoms. The van der Waals surface area contributed by atoms with Crippen molar-refractivity contribution >= 4 is 16.8 Å². The van der Waals surface area contributed by atoms with Gasteiger partial charge in [-0.2, -0.15) is 0 Å². The van der Waals surface area contributed by atoms with Crippen molar-refractivity contribution in [3.05, 3.63) is 42.7 Å². The summed E-state index contributed by atoms with van der Waals surface area (Å²) in [6, 6.07) is 8.36. The van der Waals surface area contributed by atoms with E-state index in [1.165, 1.54) is 44.9 Å². The number of nitrogens with zero attached hydrogens (tertiary/aromatic N) is 2. The Morgan fingerprint density at radius 2 is 1.70 bits per heavy atom. The number of hydrogen-bond acceptors (Lipinski definition) is 3. The van der Waals surface area contributed by atoms with Crippen LogP contribution in [0, 0.1) is 50.2 Å². The van der Waals surface area contributed by atoms with Gasteiger partial charge in [0.25, 0.3) is 0 Å². The Balaban J connectivity index is 1.22. The van der Waals surface area contributed by atoms with Crippen LogP contribution in [0.4, 0.5) is 0 Å². The monoisotopic (exact) mass is 584 g/mol. The van der Waals surface area contributed by atoms with Crippen molar-refractivity contribution in [3.8, 4) is 0 Å². The molecule has 0 aliphatic heterocycles. The fourth-order valence-electron chi connectivity index (χ4n) is 12.8. The molecular weight excluding hydrogens is 528 g/mol. The summed E-state index contributed by atoms with van der Waals surface area (Å²) in [5, 5.41) is 0. The topological polar surface area (TPSA) is 44.1 Å². The molecule has 5 aliphatic rings. The van der Waals surface area contributed by atoms with E-state index in [2.05, 4.69) is 76.2 Å². The fraction of sp³-hybridized carbons (Fsp3) is 0.744. The zero-order valence-corrected chi connectivity index (χ0v) is 28.1. The number of aromatic nitrogens is 2. The number of carbonyl (C=O) groups is 1. The predicted molar refractivity (Wildman–Crippen MR) is 175 cm³/mol. The highest BCUT2D eigenvalue weighted by Gasteiger charge is 2.71. The number of carbonyl (C=O) groups excluding carboxylic acids is 1. The van der Waals surface area contributed by atoms with Crippen LogP contribution in [0.5, 0.6) is 0 Å². The fourth-order valence-corrected chi connectivity index (χ4v) is 12.8. The number of imidazole rings is 1. The third-order valence-electron chi connectivity index (χ3n) is 15.6. The summed E-state index contributed by atoms with van der Waals surface area (Å²) in [7, 11) is 0. The van der Waals surface area contributed by atoms with Gasteiger partial charge in [0.1, 0.15) is 5.78 Å². The highest BCUT2D eigenvalue weighted by Crippen LogP contribution is 2.77. The van der Waals surface area contributed by atoms with E-state index in [1.54, 1.807) is 5.57 Å². The van der Waals surface area contributed by atoms with Crippen LogP contribution in [0.15, 0.2) is 42.7 Å². The summed E-state index contributed by atoms with van der Waals surface area (Å²) in [5.41, 5.74) is 4.62. The van der Waals surface area contributed by atoms with Crippen molar-refractivity contribution in [2.24, 2.45) is 50.2 Å². The molecule has 0 amide bonds. The summed E-state index contributed by atoms with van der Waals surface area (Å²) in [6.07, 6.45) is 13.9. The van der Waals surface area contributed by atoms with Gasteiger partial charge in [-0.3, -0.25) is 4.79 Å². The molecule has 2 aromatic rings. The van der Waals surface area contributed by atoms with Crippen molar-refractivity contribution in [2.45, 2.75) is 125 Å². The van der Waals surface area contributed by atoms with Crippen molar-refractivity contribution in [1.29, 1.82) is 0 Å². The zero-order valence-electron chi connectivity index (χ0n) is 28.1. The first kappa shape index (κ1) is 29.8. The Hall–Kier alpha value is -1.94. The Morgan fingerprint density at radius 1 is 0.930 bits per heavy atom. The van der Waals surface area contributed by atoms with E-state index >= 15 is 0 Å². The van der Waals surface area contributed by atoms with Gasteiger partial charge in [-0.05, 0) is 109 Å². The van der Waals surface area contributed by atoms with Gasteiger partial charge in [0.05, 0.1) is 30.1 Å². The van der Waals surface area contributed by atoms with Crippen molar-refractivity contribution in [1.82, 2.24) is 9.55 Å². The normalized spacial score (nSPS) is 43.4. The minimum atomic E-state index is -0.360. The van der Waals surface area contributed by atoms with E-state index in [1.807, 2.05) is 12.4 Å². The Bertz CT molecular complexity index is 1450. The Morgan fingerprint density at radius 3 is 2.44 bits per heavy atom. The lowest BCUT2D eigenvalue weighted by Gasteiger charge is -2.73. The molecule has 8 unspecified atom stereocenters. The van der Waals surface area contributed by atoms with Crippen LogP contribution in [0.25, 0.3) is 11.0 Å². The van der Waals surface area contributed by atoms with Crippen LogP contribution < -0.4 is 0 Å². The van der Waals surface area contributed by atoms with Gasteiger partial charge in [0, 0.05) is 24.3 Å². The van der Waals surface area contributed by atoms with Crippen LogP contribution in [-0.4, -0.2) is 28.0 Å². The number of fused-ring (bicyclic) bond motifs is 6. The molecule has 5 saturated carbocycles. The molecule has 4 nitrogen and oxygen atoms in total. The highest BCUT2D eigenvalue weighted by atomic mass is 16.5. The van der Waals surface area contributed by atoms with Gasteiger partial charge in [-0.15, -0.1) is 0 Å². The van der Waals surface area contributed by atoms with Gasteiger partial charge >= 0.3 is 0 Å². The zero-order chi connectivity index (χ0) is 30.6. The molecule has 1 heterocycles. The first-order chi connectivity index (χ1) is 20.2. The lowest BCUT2D eigenvalue weighted by molar-refractivity contribution is -0.259. The third-order valence-corrected chi connectivity index (χ3v) is 15.6. The molecule has 0 radical (unpaired) electrons. The molecule has 7 rings (SSSR count). The van der Waals surface area contributed by atoms with Crippen LogP contribution >= 0.6 is 0 Å². The summed E-state index contributed by atoms with van der Waals surface area (Å²) in [4.78, 5) is 18.2. The minimum Gasteiger partial charge on any atom is -0.376 e. The van der Waals surface area contributed by atoms with Crippen LogP contribution in [0.1, 0.15) is 113 Å². The first-order valence-electron chi connectivity index (χ1n) is 17.4. The third kappa shape index (κ3) is 3.89. The lowest BCUT2D eigenvalue weighted by Crippen LogP contribution is -2.69. The number of Topliss-reactive ketones (excluding diaryl/α,β-unsaturated/α-hetero) is 1. The summed E-state index contributed by atoms with van der Waals surface area (Å²) < 4.78 is 9.32. The average Bonchev–Trinajstić information content (AvgIpc) is 3.45. The molecule has 43 heavy (non-hydrogen) atoms. The van der Waals surface area contributed by atoms with E-state index in [0.29, 0.717) is 29.1 Å². The maximum atomic E-state index is 13.6. The van der Waals surface area contributed by atoms with Gasteiger partial charge in [-0.1, -0.05) is 72.8 Å². The maximum Gasteiger partial charge on any atom is 0.138 e. The average molecular weight is 585 g/mol. The summed E-state index contributed by atoms with van der Waals surface area (Å²) >= 11 is 0. The van der Waals surface area contributed by atoms with E-state index in [0.717, 1.165) is 42.8 Å². The van der Waals surface area contributed by atoms with E-state index in [4.69, 9.17) is 11.3 Å². The number of hydrogen-bond donors (Lipinski definition) is 0. The quantitative estimate of drug-likeness (QED) is 0.336. The molecule has 0 N–H and O–H groups in total. The first-order valence-corrected chi connectivity index (χ1v) is 17.4. The van der Waals surface area contributed by atoms with E-state index in [-0.39, 0.29) is 33.7 Å². The number of ether oxygens (including phenoxy) is 1. The Kier molecular flexibility index (Phi) is 6.60. The standard InChI is InChI=1S/C39H56N2O2/c1-26-15-17-34(2,3)39(26)20-19-37(7)27(23-39)13-14-31-36(6)18-16-32(42)35(4,5)33(36)30(24-38(31,37)8)43-22-21-41-25-40-28-11-9-10-12-29(28)41/h9-12,25,27,30-31,33H,1,13-24H2,2-8H3. The number of benzene rings is 1. The van der Waals surface area contributed by atoms with Crippen LogP contribution in [0.2, 0.25) is 0 Å². The SMILES string of the molecule is C=C1CCC(C)(C)C12CCC1(C)C(CCC3C4(C)CCC(=O)C(C)(C)C4C(OCCn4cnc5ccccc54)CC31C)C2.